The van der Waals surface area contributed by atoms with Gasteiger partial charge in [0.25, 0.3) is 0 Å². The number of amides is 1. The summed E-state index contributed by atoms with van der Waals surface area (Å²) in [5.74, 6) is 1.05. The van der Waals surface area contributed by atoms with Crippen LogP contribution >= 0.6 is 11.8 Å². The van der Waals surface area contributed by atoms with Gasteiger partial charge in [-0.3, -0.25) is 9.79 Å². The van der Waals surface area contributed by atoms with Gasteiger partial charge in [-0.1, -0.05) is 29.5 Å². The molecule has 2 aliphatic rings. The molecule has 0 saturated carbocycles. The van der Waals surface area contributed by atoms with Crippen molar-refractivity contribution in [1.82, 2.24) is 4.90 Å². The van der Waals surface area contributed by atoms with E-state index in [2.05, 4.69) is 17.3 Å². The van der Waals surface area contributed by atoms with E-state index in [1.165, 1.54) is 11.8 Å². The molecule has 1 amide bonds. The van der Waals surface area contributed by atoms with Crippen molar-refractivity contribution in [2.24, 2.45) is 9.98 Å². The van der Waals surface area contributed by atoms with Gasteiger partial charge < -0.3 is 15.0 Å². The number of nitrogens with zero attached hydrogens (tertiary/aromatic N) is 3. The van der Waals surface area contributed by atoms with Crippen LogP contribution < -0.4 is 10.1 Å². The van der Waals surface area contributed by atoms with Crippen LogP contribution in [0.3, 0.4) is 0 Å². The summed E-state index contributed by atoms with van der Waals surface area (Å²) >= 11 is 1.46. The molecule has 0 atom stereocenters. The van der Waals surface area contributed by atoms with Crippen LogP contribution in [-0.2, 0) is 4.79 Å². The van der Waals surface area contributed by atoms with Crippen molar-refractivity contribution in [3.05, 3.63) is 59.7 Å². The van der Waals surface area contributed by atoms with Crippen molar-refractivity contribution in [3.63, 3.8) is 0 Å². The monoisotopic (exact) mass is 436 g/mol. The zero-order valence-electron chi connectivity index (χ0n) is 18.2. The molecule has 1 saturated heterocycles. The van der Waals surface area contributed by atoms with Crippen LogP contribution in [0, 0.1) is 6.92 Å². The van der Waals surface area contributed by atoms with Gasteiger partial charge in [0.15, 0.2) is 5.66 Å². The number of methoxy groups -OCH3 is 1. The summed E-state index contributed by atoms with van der Waals surface area (Å²) in [6.45, 7) is 3.96. The first-order valence-electron chi connectivity index (χ1n) is 10.5. The third-order valence-corrected chi connectivity index (χ3v) is 6.62. The fourth-order valence-corrected chi connectivity index (χ4v) is 4.60. The fraction of sp³-hybridized carbons (Fsp3) is 0.375. The lowest BCUT2D eigenvalue weighted by atomic mass is 9.99. The molecule has 31 heavy (non-hydrogen) atoms. The second kappa shape index (κ2) is 9.24. The van der Waals surface area contributed by atoms with Gasteiger partial charge >= 0.3 is 0 Å². The minimum atomic E-state index is -0.405. The molecular weight excluding hydrogens is 408 g/mol. The lowest BCUT2D eigenvalue weighted by molar-refractivity contribution is -0.113. The smallest absolute Gasteiger partial charge is 0.234 e. The van der Waals surface area contributed by atoms with Crippen LogP contribution in [0.25, 0.3) is 0 Å². The number of carbonyl (C=O) groups excluding carboxylic acids is 1. The Balaban J connectivity index is 1.50. The summed E-state index contributed by atoms with van der Waals surface area (Å²) in [5.41, 5.74) is 3.44. The first kappa shape index (κ1) is 21.6. The highest BCUT2D eigenvalue weighted by Crippen LogP contribution is 2.35. The second-order valence-corrected chi connectivity index (χ2v) is 9.06. The molecule has 0 radical (unpaired) electrons. The van der Waals surface area contributed by atoms with Crippen LogP contribution in [0.5, 0.6) is 5.75 Å². The van der Waals surface area contributed by atoms with Gasteiger partial charge in [-0.2, -0.15) is 0 Å². The molecule has 2 heterocycles. The van der Waals surface area contributed by atoms with Gasteiger partial charge in [0, 0.05) is 37.2 Å². The molecule has 7 heteroatoms. The molecule has 6 nitrogen and oxygen atoms in total. The van der Waals surface area contributed by atoms with E-state index < -0.39 is 5.66 Å². The van der Waals surface area contributed by atoms with Gasteiger partial charge in [-0.05, 0) is 50.4 Å². The number of rotatable bonds is 5. The van der Waals surface area contributed by atoms with E-state index >= 15 is 0 Å². The number of hydrogen-bond acceptors (Lipinski definition) is 6. The summed E-state index contributed by atoms with van der Waals surface area (Å²) in [6.07, 6.45) is 1.78. The number of benzene rings is 2. The minimum absolute atomic E-state index is 0.0463. The number of carbonyl (C=O) groups is 1. The van der Waals surface area contributed by atoms with E-state index in [-0.39, 0.29) is 11.7 Å². The second-order valence-electron chi connectivity index (χ2n) is 8.09. The van der Waals surface area contributed by atoms with E-state index in [9.17, 15) is 4.79 Å². The Hall–Kier alpha value is -2.64. The molecule has 2 aromatic rings. The van der Waals surface area contributed by atoms with Crippen molar-refractivity contribution in [2.45, 2.75) is 25.4 Å². The summed E-state index contributed by atoms with van der Waals surface area (Å²) in [6, 6.07) is 15.7. The molecule has 4 rings (SSSR count). The number of ether oxygens (including phenoxy) is 1. The van der Waals surface area contributed by atoms with Crippen LogP contribution in [0.15, 0.2) is 58.5 Å². The maximum Gasteiger partial charge on any atom is 0.234 e. The Kier molecular flexibility index (Phi) is 6.43. The summed E-state index contributed by atoms with van der Waals surface area (Å²) < 4.78 is 5.29. The fourth-order valence-electron chi connectivity index (χ4n) is 3.73. The Bertz CT molecular complexity index is 991. The maximum absolute atomic E-state index is 12.5. The van der Waals surface area contributed by atoms with Crippen LogP contribution in [0.2, 0.25) is 0 Å². The number of piperidine rings is 1. The predicted octanol–water partition coefficient (Wildman–Crippen LogP) is 4.00. The molecule has 1 fully saturated rings. The van der Waals surface area contributed by atoms with Gasteiger partial charge in [0.05, 0.1) is 18.6 Å². The lowest BCUT2D eigenvalue weighted by Gasteiger charge is -2.33. The third-order valence-electron chi connectivity index (χ3n) is 5.66. The molecule has 0 bridgehead atoms. The van der Waals surface area contributed by atoms with E-state index in [0.29, 0.717) is 0 Å². The Morgan fingerprint density at radius 1 is 1.10 bits per heavy atom. The predicted molar refractivity (Wildman–Crippen MR) is 129 cm³/mol. The summed E-state index contributed by atoms with van der Waals surface area (Å²) in [5, 5.41) is 3.80. The average Bonchev–Trinajstić information content (AvgIpc) is 3.14. The average molecular weight is 437 g/mol. The molecule has 1 spiro atoms. The molecule has 0 aliphatic carbocycles. The first-order valence-corrected chi connectivity index (χ1v) is 11.5. The van der Waals surface area contributed by atoms with Crippen molar-refractivity contribution >= 4 is 34.1 Å². The number of aryl methyl sites for hydroxylation is 1. The van der Waals surface area contributed by atoms with Crippen LogP contribution in [-0.4, -0.2) is 60.2 Å². The zero-order valence-corrected chi connectivity index (χ0v) is 19.0. The van der Waals surface area contributed by atoms with E-state index in [4.69, 9.17) is 14.7 Å². The number of thioether (sulfide) groups is 1. The molecule has 2 aliphatic heterocycles. The molecule has 0 aromatic heterocycles. The minimum Gasteiger partial charge on any atom is -0.497 e. The lowest BCUT2D eigenvalue weighted by Crippen LogP contribution is -2.39. The van der Waals surface area contributed by atoms with E-state index in [1.54, 1.807) is 7.11 Å². The van der Waals surface area contributed by atoms with E-state index in [0.717, 1.165) is 59.3 Å². The number of hydrogen-bond donors (Lipinski definition) is 1. The van der Waals surface area contributed by atoms with Crippen molar-refractivity contribution < 1.29 is 9.53 Å². The number of nitrogens with one attached hydrogen (secondary N) is 1. The zero-order chi connectivity index (χ0) is 21.8. The topological polar surface area (TPSA) is 66.3 Å². The highest BCUT2D eigenvalue weighted by atomic mass is 32.2. The van der Waals surface area contributed by atoms with Crippen LogP contribution in [0.4, 0.5) is 5.69 Å². The normalized spacial score (nSPS) is 17.9. The number of anilines is 1. The standard InChI is InChI=1S/C24H28N4O2S/c1-17-4-8-19(9-5-17)25-21(29)16-31-23-22(18-6-10-20(30-3)11-7-18)26-24(27-23)12-14-28(2)15-13-24/h4-11H,12-16H2,1-3H3,(H,25,29). The van der Waals surface area contributed by atoms with Crippen molar-refractivity contribution in [1.29, 1.82) is 0 Å². The van der Waals surface area contributed by atoms with Gasteiger partial charge in [-0.25, -0.2) is 4.99 Å². The quantitative estimate of drug-likeness (QED) is 0.769. The van der Waals surface area contributed by atoms with Gasteiger partial charge in [0.1, 0.15) is 10.8 Å². The maximum atomic E-state index is 12.5. The van der Waals surface area contributed by atoms with E-state index in [1.807, 2.05) is 55.5 Å². The highest BCUT2D eigenvalue weighted by Gasteiger charge is 2.39. The summed E-state index contributed by atoms with van der Waals surface area (Å²) in [4.78, 5) is 25.0. The van der Waals surface area contributed by atoms with Gasteiger partial charge in [0.2, 0.25) is 5.91 Å². The Morgan fingerprint density at radius 2 is 1.77 bits per heavy atom. The first-order chi connectivity index (χ1) is 15.0. The number of aliphatic imine (C=N–C) groups is 2. The number of likely N-dealkylation sites (tertiary alicyclic amines) is 1. The largest absolute Gasteiger partial charge is 0.497 e. The Labute approximate surface area is 187 Å². The molecule has 162 valence electrons. The molecular formula is C24H28N4O2S. The Morgan fingerprint density at radius 3 is 2.42 bits per heavy atom. The van der Waals surface area contributed by atoms with Crippen molar-refractivity contribution in [2.75, 3.05) is 38.3 Å². The van der Waals surface area contributed by atoms with Crippen LogP contribution in [0.1, 0.15) is 24.0 Å². The van der Waals surface area contributed by atoms with Gasteiger partial charge in [-0.15, -0.1) is 0 Å². The highest BCUT2D eigenvalue weighted by molar-refractivity contribution is 8.16. The third kappa shape index (κ3) is 5.17. The molecule has 0 unspecified atom stereocenters. The SMILES string of the molecule is COc1ccc(C2=NC3(CCN(C)CC3)N=C2SCC(=O)Nc2ccc(C)cc2)cc1. The van der Waals surface area contributed by atoms with Crippen molar-refractivity contribution in [3.8, 4) is 5.75 Å². The summed E-state index contributed by atoms with van der Waals surface area (Å²) in [7, 11) is 3.79. The molecule has 1 N–H and O–H groups in total. The molecule has 2 aromatic carbocycles.